The van der Waals surface area contributed by atoms with Crippen LogP contribution in [-0.4, -0.2) is 19.5 Å². The molecule has 0 spiro atoms. The first-order valence-corrected chi connectivity index (χ1v) is 5.66. The number of aromatic amines is 1. The number of fused-ring (bicyclic) bond motifs is 1. The van der Waals surface area contributed by atoms with Crippen LogP contribution in [-0.2, 0) is 6.54 Å². The van der Waals surface area contributed by atoms with Gasteiger partial charge in [0.05, 0.1) is 29.6 Å². The molecule has 1 aromatic carbocycles. The summed E-state index contributed by atoms with van der Waals surface area (Å²) in [5.41, 5.74) is 4.35. The summed E-state index contributed by atoms with van der Waals surface area (Å²) in [5, 5.41) is 0. The molecule has 0 bridgehead atoms. The van der Waals surface area contributed by atoms with Gasteiger partial charge in [0.25, 0.3) is 0 Å². The Balaban J connectivity index is 1.97. The molecule has 0 fully saturated rings. The number of imidazole rings is 2. The normalized spacial score (nSPS) is 11.2. The summed E-state index contributed by atoms with van der Waals surface area (Å²) in [7, 11) is 0. The van der Waals surface area contributed by atoms with Crippen molar-refractivity contribution in [2.75, 3.05) is 0 Å². The van der Waals surface area contributed by atoms with Crippen molar-refractivity contribution < 1.29 is 0 Å². The summed E-state index contributed by atoms with van der Waals surface area (Å²) in [4.78, 5) is 12.2. The van der Waals surface area contributed by atoms with E-state index < -0.39 is 0 Å². The van der Waals surface area contributed by atoms with E-state index in [9.17, 15) is 0 Å². The van der Waals surface area contributed by atoms with Crippen LogP contribution in [0.2, 0.25) is 0 Å². The number of hydrogen-bond acceptors (Lipinski definition) is 2. The van der Waals surface area contributed by atoms with E-state index in [2.05, 4.69) is 26.4 Å². The van der Waals surface area contributed by atoms with Crippen LogP contribution in [0.1, 0.15) is 17.2 Å². The summed E-state index contributed by atoms with van der Waals surface area (Å²) in [6.45, 7) is 4.83. The third-order valence-corrected chi connectivity index (χ3v) is 3.10. The summed E-state index contributed by atoms with van der Waals surface area (Å²) in [5.74, 6) is 0.965. The SMILES string of the molecule is Cc1ncn(Cc2nc3ccccc3[nH]2)c1C. The van der Waals surface area contributed by atoms with E-state index in [-0.39, 0.29) is 0 Å². The maximum atomic E-state index is 4.55. The predicted molar refractivity (Wildman–Crippen MR) is 66.9 cm³/mol. The highest BCUT2D eigenvalue weighted by atomic mass is 15.1. The largest absolute Gasteiger partial charge is 0.340 e. The molecule has 0 radical (unpaired) electrons. The number of H-pyrrole nitrogens is 1. The number of aromatic nitrogens is 4. The Morgan fingerprint density at radius 3 is 2.76 bits per heavy atom. The van der Waals surface area contributed by atoms with Gasteiger partial charge in [-0.05, 0) is 26.0 Å². The van der Waals surface area contributed by atoms with Gasteiger partial charge >= 0.3 is 0 Å². The van der Waals surface area contributed by atoms with E-state index in [1.54, 1.807) is 0 Å². The smallest absolute Gasteiger partial charge is 0.127 e. The van der Waals surface area contributed by atoms with E-state index in [0.717, 1.165) is 29.1 Å². The number of para-hydroxylation sites is 2. The summed E-state index contributed by atoms with van der Waals surface area (Å²) >= 11 is 0. The van der Waals surface area contributed by atoms with Gasteiger partial charge in [0.15, 0.2) is 0 Å². The fourth-order valence-corrected chi connectivity index (χ4v) is 1.95. The van der Waals surface area contributed by atoms with Crippen LogP contribution in [0, 0.1) is 13.8 Å². The van der Waals surface area contributed by atoms with Crippen LogP contribution in [0.3, 0.4) is 0 Å². The van der Waals surface area contributed by atoms with Crippen LogP contribution < -0.4 is 0 Å². The van der Waals surface area contributed by atoms with Crippen molar-refractivity contribution >= 4 is 11.0 Å². The maximum Gasteiger partial charge on any atom is 0.127 e. The van der Waals surface area contributed by atoms with Crippen molar-refractivity contribution in [1.82, 2.24) is 19.5 Å². The van der Waals surface area contributed by atoms with E-state index in [4.69, 9.17) is 0 Å². The van der Waals surface area contributed by atoms with Crippen molar-refractivity contribution in [3.05, 3.63) is 47.8 Å². The molecule has 2 heterocycles. The van der Waals surface area contributed by atoms with Crippen LogP contribution in [0.15, 0.2) is 30.6 Å². The average Bonchev–Trinajstić information content (AvgIpc) is 2.87. The minimum absolute atomic E-state index is 0.737. The first kappa shape index (κ1) is 10.1. The highest BCUT2D eigenvalue weighted by Gasteiger charge is 2.06. The molecule has 0 amide bonds. The Bertz CT molecular complexity index is 630. The van der Waals surface area contributed by atoms with Gasteiger partial charge in [0.2, 0.25) is 0 Å². The van der Waals surface area contributed by atoms with Crippen molar-refractivity contribution in [2.45, 2.75) is 20.4 Å². The van der Waals surface area contributed by atoms with Crippen LogP contribution in [0.5, 0.6) is 0 Å². The van der Waals surface area contributed by atoms with Crippen molar-refractivity contribution in [3.63, 3.8) is 0 Å². The van der Waals surface area contributed by atoms with Crippen LogP contribution >= 0.6 is 0 Å². The number of nitrogens with one attached hydrogen (secondary N) is 1. The van der Waals surface area contributed by atoms with Crippen molar-refractivity contribution in [2.24, 2.45) is 0 Å². The van der Waals surface area contributed by atoms with Crippen LogP contribution in [0.4, 0.5) is 0 Å². The van der Waals surface area contributed by atoms with Gasteiger partial charge in [0.1, 0.15) is 5.82 Å². The van der Waals surface area contributed by atoms with E-state index in [1.165, 1.54) is 5.69 Å². The Hall–Kier alpha value is -2.10. The minimum Gasteiger partial charge on any atom is -0.340 e. The number of rotatable bonds is 2. The quantitative estimate of drug-likeness (QED) is 0.729. The fourth-order valence-electron chi connectivity index (χ4n) is 1.95. The summed E-state index contributed by atoms with van der Waals surface area (Å²) in [6.07, 6.45) is 1.86. The van der Waals surface area contributed by atoms with Crippen LogP contribution in [0.25, 0.3) is 11.0 Å². The highest BCUT2D eigenvalue weighted by Crippen LogP contribution is 2.12. The lowest BCUT2D eigenvalue weighted by molar-refractivity contribution is 0.735. The van der Waals surface area contributed by atoms with Gasteiger partial charge < -0.3 is 9.55 Å². The van der Waals surface area contributed by atoms with E-state index >= 15 is 0 Å². The lowest BCUT2D eigenvalue weighted by Gasteiger charge is -2.01. The lowest BCUT2D eigenvalue weighted by atomic mass is 10.3. The van der Waals surface area contributed by atoms with Gasteiger partial charge in [-0.25, -0.2) is 9.97 Å². The number of nitrogens with zero attached hydrogens (tertiary/aromatic N) is 3. The molecular formula is C13H14N4. The Kier molecular flexibility index (Phi) is 2.21. The van der Waals surface area contributed by atoms with Crippen molar-refractivity contribution in [1.29, 1.82) is 0 Å². The molecule has 0 aliphatic rings. The molecule has 0 saturated heterocycles. The monoisotopic (exact) mass is 226 g/mol. The average molecular weight is 226 g/mol. The first-order chi connectivity index (χ1) is 8.24. The zero-order chi connectivity index (χ0) is 11.8. The Labute approximate surface area is 99.3 Å². The lowest BCUT2D eigenvalue weighted by Crippen LogP contribution is -2.02. The van der Waals surface area contributed by atoms with Gasteiger partial charge in [-0.2, -0.15) is 0 Å². The molecule has 0 atom stereocenters. The van der Waals surface area contributed by atoms with Crippen molar-refractivity contribution in [3.8, 4) is 0 Å². The highest BCUT2D eigenvalue weighted by molar-refractivity contribution is 5.74. The molecule has 0 aliphatic carbocycles. The zero-order valence-corrected chi connectivity index (χ0v) is 9.94. The minimum atomic E-state index is 0.737. The second-order valence-corrected chi connectivity index (χ2v) is 4.24. The summed E-state index contributed by atoms with van der Waals surface area (Å²) < 4.78 is 2.10. The third-order valence-electron chi connectivity index (χ3n) is 3.10. The molecule has 2 aromatic heterocycles. The van der Waals surface area contributed by atoms with Gasteiger partial charge in [-0.3, -0.25) is 0 Å². The van der Waals surface area contributed by atoms with E-state index in [1.807, 2.05) is 37.5 Å². The molecule has 3 aromatic rings. The molecule has 17 heavy (non-hydrogen) atoms. The molecule has 3 rings (SSSR count). The molecule has 4 heteroatoms. The number of benzene rings is 1. The fraction of sp³-hybridized carbons (Fsp3) is 0.231. The molecule has 0 aliphatic heterocycles. The molecular weight excluding hydrogens is 212 g/mol. The number of hydrogen-bond donors (Lipinski definition) is 1. The molecule has 0 unspecified atom stereocenters. The Morgan fingerprint density at radius 2 is 2.06 bits per heavy atom. The predicted octanol–water partition coefficient (Wildman–Crippen LogP) is 2.42. The van der Waals surface area contributed by atoms with Gasteiger partial charge in [0, 0.05) is 5.69 Å². The van der Waals surface area contributed by atoms with E-state index in [0.29, 0.717) is 0 Å². The van der Waals surface area contributed by atoms with Gasteiger partial charge in [-0.1, -0.05) is 12.1 Å². The molecule has 86 valence electrons. The number of aryl methyl sites for hydroxylation is 1. The molecule has 0 saturated carbocycles. The third kappa shape index (κ3) is 1.71. The molecule has 4 nitrogen and oxygen atoms in total. The topological polar surface area (TPSA) is 46.5 Å². The second-order valence-electron chi connectivity index (χ2n) is 4.24. The first-order valence-electron chi connectivity index (χ1n) is 5.66. The molecule has 1 N–H and O–H groups in total. The standard InChI is InChI=1S/C13H14N4/c1-9-10(2)17(8-14-9)7-13-15-11-5-3-4-6-12(11)16-13/h3-6,8H,7H2,1-2H3,(H,15,16). The second kappa shape index (κ2) is 3.73. The summed E-state index contributed by atoms with van der Waals surface area (Å²) in [6, 6.07) is 8.07. The zero-order valence-electron chi connectivity index (χ0n) is 9.94. The van der Waals surface area contributed by atoms with Gasteiger partial charge in [-0.15, -0.1) is 0 Å². The maximum absolute atomic E-state index is 4.55. The Morgan fingerprint density at radius 1 is 1.24 bits per heavy atom.